The van der Waals surface area contributed by atoms with Crippen molar-refractivity contribution in [3.63, 3.8) is 0 Å². The molecule has 344 valence electrons. The molecule has 2 saturated carbocycles. The van der Waals surface area contributed by atoms with Gasteiger partial charge in [0.25, 0.3) is 10.1 Å². The molecule has 2 aliphatic heterocycles. The molecule has 2 aliphatic carbocycles. The van der Waals surface area contributed by atoms with Crippen molar-refractivity contribution in [1.82, 2.24) is 25.1 Å². The standard InChI is InChI=1S/C47H80N8O5S/c1-11-13-29-52(36-31-44(3,4)54(45(5,6)32-36)59-38-21-17-15-18-22-38)42-49-41(48-35-25-27-40(28-26-35)61(56,57)58)50-43(51-42)53(30-14-12-2)37-33-46(7,8)55(47(9,10)34-37)60-39-23-19-16-20-24-39/h25-28,36-39H,11-24,29-34H2,1-10H3,(H,56,57,58)(H,48,49,50,51). The van der Waals surface area contributed by atoms with Gasteiger partial charge in [-0.15, -0.1) is 0 Å². The van der Waals surface area contributed by atoms with Crippen molar-refractivity contribution >= 4 is 33.7 Å². The fourth-order valence-electron chi connectivity index (χ4n) is 11.1. The van der Waals surface area contributed by atoms with Crippen molar-refractivity contribution in [3.8, 4) is 0 Å². The average molecular weight is 869 g/mol. The van der Waals surface area contributed by atoms with Gasteiger partial charge in [0.2, 0.25) is 17.8 Å². The number of benzene rings is 1. The maximum atomic E-state index is 11.9. The molecule has 0 bridgehead atoms. The van der Waals surface area contributed by atoms with E-state index in [-0.39, 0.29) is 51.3 Å². The Morgan fingerprint density at radius 3 is 1.36 bits per heavy atom. The highest BCUT2D eigenvalue weighted by atomic mass is 32.2. The Morgan fingerprint density at radius 2 is 1.02 bits per heavy atom. The highest BCUT2D eigenvalue weighted by molar-refractivity contribution is 7.85. The van der Waals surface area contributed by atoms with Gasteiger partial charge in [0.1, 0.15) is 0 Å². The molecule has 6 rings (SSSR count). The summed E-state index contributed by atoms with van der Waals surface area (Å²) in [5.74, 6) is 1.69. The van der Waals surface area contributed by atoms with Crippen LogP contribution in [-0.2, 0) is 19.8 Å². The van der Waals surface area contributed by atoms with Crippen LogP contribution in [0.3, 0.4) is 0 Å². The number of hydrogen-bond donors (Lipinski definition) is 2. The minimum absolute atomic E-state index is 0.141. The van der Waals surface area contributed by atoms with Gasteiger partial charge in [-0.2, -0.15) is 33.5 Å². The second-order valence-electron chi connectivity index (χ2n) is 21.2. The Balaban J connectivity index is 1.39. The molecule has 61 heavy (non-hydrogen) atoms. The van der Waals surface area contributed by atoms with Crippen LogP contribution in [-0.4, -0.2) is 97.6 Å². The Hall–Kier alpha value is -2.62. The number of hydrogen-bond acceptors (Lipinski definition) is 12. The van der Waals surface area contributed by atoms with E-state index < -0.39 is 10.1 Å². The van der Waals surface area contributed by atoms with Gasteiger partial charge in [-0.1, -0.05) is 65.2 Å². The molecule has 2 saturated heterocycles. The topological polar surface area (TPSA) is 136 Å². The molecule has 2 N–H and O–H groups in total. The van der Waals surface area contributed by atoms with Gasteiger partial charge in [0.05, 0.1) is 17.1 Å². The summed E-state index contributed by atoms with van der Waals surface area (Å²) >= 11 is 0. The molecule has 13 nitrogen and oxygen atoms in total. The summed E-state index contributed by atoms with van der Waals surface area (Å²) in [6.07, 6.45) is 20.1. The molecule has 0 radical (unpaired) electrons. The van der Waals surface area contributed by atoms with E-state index >= 15 is 0 Å². The lowest BCUT2D eigenvalue weighted by Gasteiger charge is -2.57. The SMILES string of the molecule is CCCCN(c1nc(Nc2ccc(S(=O)(=O)O)cc2)nc(N(CCCC)C2CC(C)(C)N(OC3CCCCC3)C(C)(C)C2)n1)C1CC(C)(C)N(OC2CCCCC2)C(C)(C)C1. The molecule has 14 heteroatoms. The zero-order valence-corrected chi connectivity index (χ0v) is 40.2. The van der Waals surface area contributed by atoms with Crippen molar-refractivity contribution in [2.24, 2.45) is 0 Å². The Kier molecular flexibility index (Phi) is 15.4. The third-order valence-corrected chi connectivity index (χ3v) is 14.5. The van der Waals surface area contributed by atoms with Crippen LogP contribution in [0.5, 0.6) is 0 Å². The van der Waals surface area contributed by atoms with Crippen molar-refractivity contribution in [2.75, 3.05) is 28.2 Å². The van der Waals surface area contributed by atoms with Gasteiger partial charge >= 0.3 is 0 Å². The lowest BCUT2D eigenvalue weighted by molar-refractivity contribution is -0.310. The minimum atomic E-state index is -4.34. The summed E-state index contributed by atoms with van der Waals surface area (Å²) in [5.41, 5.74) is -0.340. The van der Waals surface area contributed by atoms with Crippen LogP contribution in [0.15, 0.2) is 29.2 Å². The van der Waals surface area contributed by atoms with E-state index in [0.29, 0.717) is 23.5 Å². The number of unbranched alkanes of at least 4 members (excludes halogenated alkanes) is 2. The lowest BCUT2D eigenvalue weighted by atomic mass is 9.78. The number of hydroxylamine groups is 4. The number of nitrogens with zero attached hydrogens (tertiary/aromatic N) is 7. The van der Waals surface area contributed by atoms with E-state index in [1.165, 1.54) is 50.7 Å². The number of aromatic nitrogens is 3. The van der Waals surface area contributed by atoms with Crippen molar-refractivity contribution < 1.29 is 22.6 Å². The fourth-order valence-corrected chi connectivity index (χ4v) is 11.6. The van der Waals surface area contributed by atoms with Crippen molar-refractivity contribution in [3.05, 3.63) is 24.3 Å². The predicted octanol–water partition coefficient (Wildman–Crippen LogP) is 10.6. The fraction of sp³-hybridized carbons (Fsp3) is 0.809. The third-order valence-electron chi connectivity index (χ3n) is 13.7. The molecular weight excluding hydrogens is 789 g/mol. The smallest absolute Gasteiger partial charge is 0.294 e. The van der Waals surface area contributed by atoms with Crippen LogP contribution in [0, 0.1) is 0 Å². The zero-order chi connectivity index (χ0) is 44.2. The van der Waals surface area contributed by atoms with E-state index in [9.17, 15) is 13.0 Å². The van der Waals surface area contributed by atoms with E-state index in [1.807, 2.05) is 0 Å². The minimum Gasteiger partial charge on any atom is -0.337 e. The molecule has 4 fully saturated rings. The Bertz CT molecular complexity index is 1700. The van der Waals surface area contributed by atoms with E-state index in [0.717, 1.165) is 90.1 Å². The van der Waals surface area contributed by atoms with Crippen LogP contribution in [0.2, 0.25) is 0 Å². The van der Waals surface area contributed by atoms with Gasteiger partial charge in [0.15, 0.2) is 0 Å². The number of nitrogens with one attached hydrogen (secondary N) is 1. The Labute approximate surface area is 368 Å². The maximum Gasteiger partial charge on any atom is 0.294 e. The summed E-state index contributed by atoms with van der Waals surface area (Å²) in [6, 6.07) is 6.33. The first-order valence-electron chi connectivity index (χ1n) is 23.8. The summed E-state index contributed by atoms with van der Waals surface area (Å²) in [7, 11) is -4.34. The van der Waals surface area contributed by atoms with Crippen LogP contribution < -0.4 is 15.1 Å². The maximum absolute atomic E-state index is 11.9. The van der Waals surface area contributed by atoms with Crippen LogP contribution in [0.4, 0.5) is 23.5 Å². The largest absolute Gasteiger partial charge is 0.337 e. The normalized spacial score (nSPS) is 23.2. The monoisotopic (exact) mass is 869 g/mol. The highest BCUT2D eigenvalue weighted by Gasteiger charge is 2.51. The molecule has 0 unspecified atom stereocenters. The van der Waals surface area contributed by atoms with Gasteiger partial charge in [-0.3, -0.25) is 14.2 Å². The van der Waals surface area contributed by atoms with E-state index in [2.05, 4.69) is 94.5 Å². The summed E-state index contributed by atoms with van der Waals surface area (Å²) in [4.78, 5) is 34.4. The van der Waals surface area contributed by atoms with Crippen LogP contribution in [0.1, 0.15) is 185 Å². The number of piperidine rings is 2. The zero-order valence-electron chi connectivity index (χ0n) is 39.4. The number of rotatable bonds is 17. The molecule has 0 atom stereocenters. The third kappa shape index (κ3) is 11.9. The molecule has 2 aromatic rings. The molecular formula is C47H80N8O5S. The first-order chi connectivity index (χ1) is 28.7. The lowest BCUT2D eigenvalue weighted by Crippen LogP contribution is -2.65. The summed E-state index contributed by atoms with van der Waals surface area (Å²) in [5, 5.41) is 8.07. The van der Waals surface area contributed by atoms with Gasteiger partial charge < -0.3 is 15.1 Å². The molecule has 0 spiro atoms. The highest BCUT2D eigenvalue weighted by Crippen LogP contribution is 2.45. The molecule has 1 aromatic carbocycles. The van der Waals surface area contributed by atoms with Gasteiger partial charge in [-0.05, 0) is 144 Å². The van der Waals surface area contributed by atoms with Gasteiger partial charge in [-0.25, -0.2) is 0 Å². The van der Waals surface area contributed by atoms with Crippen molar-refractivity contribution in [1.29, 1.82) is 0 Å². The van der Waals surface area contributed by atoms with Gasteiger partial charge in [0, 0.05) is 53.0 Å². The summed E-state index contributed by atoms with van der Waals surface area (Å²) < 4.78 is 33.5. The first-order valence-corrected chi connectivity index (χ1v) is 25.2. The summed E-state index contributed by atoms with van der Waals surface area (Å²) in [6.45, 7) is 24.7. The molecule has 0 amide bonds. The second-order valence-corrected chi connectivity index (χ2v) is 22.6. The quantitative estimate of drug-likeness (QED) is 0.146. The van der Waals surface area contributed by atoms with Crippen LogP contribution >= 0.6 is 0 Å². The average Bonchev–Trinajstić information content (AvgIpc) is 3.18. The number of anilines is 4. The second kappa shape index (κ2) is 19.6. The predicted molar refractivity (Wildman–Crippen MR) is 246 cm³/mol. The van der Waals surface area contributed by atoms with E-state index in [4.69, 9.17) is 24.6 Å². The molecule has 4 aliphatic rings. The van der Waals surface area contributed by atoms with Crippen molar-refractivity contribution in [2.45, 2.75) is 236 Å². The van der Waals surface area contributed by atoms with E-state index in [1.54, 1.807) is 12.1 Å². The van der Waals surface area contributed by atoms with Crippen LogP contribution in [0.25, 0.3) is 0 Å². The molecule has 1 aromatic heterocycles. The molecule has 3 heterocycles. The first kappa shape index (κ1) is 47.8. The Morgan fingerprint density at radius 1 is 0.639 bits per heavy atom.